The first-order chi connectivity index (χ1) is 14.8. The molecule has 2 heterocycles. The Hall–Kier alpha value is -3.62. The molecule has 3 aromatic rings. The van der Waals surface area contributed by atoms with Gasteiger partial charge in [0.25, 0.3) is 11.8 Å². The Balaban J connectivity index is 1.43. The third kappa shape index (κ3) is 4.30. The van der Waals surface area contributed by atoms with Crippen LogP contribution in [0.15, 0.2) is 60.8 Å². The van der Waals surface area contributed by atoms with E-state index in [9.17, 15) is 22.8 Å². The van der Waals surface area contributed by atoms with Crippen molar-refractivity contribution in [2.75, 3.05) is 26.2 Å². The third-order valence-electron chi connectivity index (χ3n) is 5.22. The van der Waals surface area contributed by atoms with Gasteiger partial charge in [0.2, 0.25) is 0 Å². The molecule has 0 aliphatic carbocycles. The fraction of sp³-hybridized carbons (Fsp3) is 0.227. The molecule has 2 aromatic carbocycles. The quantitative estimate of drug-likeness (QED) is 0.692. The molecule has 0 saturated carbocycles. The summed E-state index contributed by atoms with van der Waals surface area (Å²) in [6, 6.07) is 13.7. The number of benzene rings is 2. The van der Waals surface area contributed by atoms with Crippen molar-refractivity contribution >= 4 is 11.8 Å². The SMILES string of the molecule is O=C(c1cccc(C(F)(F)F)c1)N1CCN(C(=O)c2cn[nH]c2-c2ccccc2)CC1. The van der Waals surface area contributed by atoms with Crippen molar-refractivity contribution in [2.24, 2.45) is 0 Å². The fourth-order valence-electron chi connectivity index (χ4n) is 3.57. The van der Waals surface area contributed by atoms with Gasteiger partial charge in [-0.1, -0.05) is 36.4 Å². The molecule has 31 heavy (non-hydrogen) atoms. The summed E-state index contributed by atoms with van der Waals surface area (Å²) < 4.78 is 38.8. The average molecular weight is 428 g/mol. The average Bonchev–Trinajstić information content (AvgIpc) is 3.28. The van der Waals surface area contributed by atoms with Crippen LogP contribution in [-0.4, -0.2) is 58.0 Å². The van der Waals surface area contributed by atoms with E-state index >= 15 is 0 Å². The van der Waals surface area contributed by atoms with Crippen molar-refractivity contribution in [2.45, 2.75) is 6.18 Å². The minimum Gasteiger partial charge on any atom is -0.335 e. The molecule has 1 aliphatic heterocycles. The van der Waals surface area contributed by atoms with Crippen LogP contribution in [0.25, 0.3) is 11.3 Å². The normalized spacial score (nSPS) is 14.5. The Morgan fingerprint density at radius 3 is 2.16 bits per heavy atom. The zero-order valence-electron chi connectivity index (χ0n) is 16.4. The van der Waals surface area contributed by atoms with Gasteiger partial charge in [-0.3, -0.25) is 14.7 Å². The second-order valence-electron chi connectivity index (χ2n) is 7.19. The predicted molar refractivity (Wildman–Crippen MR) is 107 cm³/mol. The number of aromatic nitrogens is 2. The van der Waals surface area contributed by atoms with Crippen LogP contribution in [0.4, 0.5) is 13.2 Å². The number of nitrogens with zero attached hydrogens (tertiary/aromatic N) is 3. The summed E-state index contributed by atoms with van der Waals surface area (Å²) in [7, 11) is 0. The topological polar surface area (TPSA) is 69.3 Å². The molecule has 0 atom stereocenters. The van der Waals surface area contributed by atoms with E-state index in [0.717, 1.165) is 17.7 Å². The van der Waals surface area contributed by atoms with Crippen LogP contribution in [0.3, 0.4) is 0 Å². The lowest BCUT2D eigenvalue weighted by molar-refractivity contribution is -0.137. The number of amides is 2. The van der Waals surface area contributed by atoms with Crippen LogP contribution < -0.4 is 0 Å². The highest BCUT2D eigenvalue weighted by atomic mass is 19.4. The van der Waals surface area contributed by atoms with Crippen molar-refractivity contribution in [3.8, 4) is 11.3 Å². The maximum absolute atomic E-state index is 13.0. The van der Waals surface area contributed by atoms with Gasteiger partial charge in [-0.25, -0.2) is 0 Å². The lowest BCUT2D eigenvalue weighted by Crippen LogP contribution is -2.50. The number of rotatable bonds is 3. The molecule has 1 N–H and O–H groups in total. The van der Waals surface area contributed by atoms with Crippen molar-refractivity contribution in [1.29, 1.82) is 0 Å². The van der Waals surface area contributed by atoms with E-state index in [1.165, 1.54) is 23.2 Å². The summed E-state index contributed by atoms with van der Waals surface area (Å²) >= 11 is 0. The molecule has 0 spiro atoms. The van der Waals surface area contributed by atoms with Crippen molar-refractivity contribution < 1.29 is 22.8 Å². The van der Waals surface area contributed by atoms with Crippen LogP contribution in [0.2, 0.25) is 0 Å². The first-order valence-corrected chi connectivity index (χ1v) is 9.69. The van der Waals surface area contributed by atoms with Gasteiger partial charge in [0.1, 0.15) is 0 Å². The van der Waals surface area contributed by atoms with E-state index in [4.69, 9.17) is 0 Å². The van der Waals surface area contributed by atoms with Crippen LogP contribution in [0, 0.1) is 0 Å². The maximum atomic E-state index is 13.0. The highest BCUT2D eigenvalue weighted by Crippen LogP contribution is 2.30. The van der Waals surface area contributed by atoms with Crippen molar-refractivity contribution in [3.05, 3.63) is 77.5 Å². The van der Waals surface area contributed by atoms with Gasteiger partial charge in [-0.15, -0.1) is 0 Å². The van der Waals surface area contributed by atoms with Crippen LogP contribution in [0.5, 0.6) is 0 Å². The molecule has 1 fully saturated rings. The Bertz CT molecular complexity index is 1090. The van der Waals surface area contributed by atoms with E-state index in [0.29, 0.717) is 11.3 Å². The van der Waals surface area contributed by atoms with Crippen molar-refractivity contribution in [1.82, 2.24) is 20.0 Å². The molecule has 160 valence electrons. The Labute approximate surface area is 176 Å². The molecule has 4 rings (SSSR count). The monoisotopic (exact) mass is 428 g/mol. The molecule has 1 aliphatic rings. The number of carbonyl (C=O) groups is 2. The number of alkyl halides is 3. The molecule has 2 amide bonds. The van der Waals surface area contributed by atoms with Gasteiger partial charge >= 0.3 is 6.18 Å². The summed E-state index contributed by atoms with van der Waals surface area (Å²) in [4.78, 5) is 28.7. The van der Waals surface area contributed by atoms with Gasteiger partial charge in [0, 0.05) is 37.3 Å². The fourth-order valence-corrected chi connectivity index (χ4v) is 3.57. The van der Waals surface area contributed by atoms with E-state index in [2.05, 4.69) is 10.2 Å². The zero-order valence-corrected chi connectivity index (χ0v) is 16.4. The lowest BCUT2D eigenvalue weighted by atomic mass is 10.1. The van der Waals surface area contributed by atoms with E-state index in [-0.39, 0.29) is 37.6 Å². The van der Waals surface area contributed by atoms with Crippen LogP contribution in [-0.2, 0) is 6.18 Å². The molecule has 9 heteroatoms. The number of aromatic amines is 1. The number of H-pyrrole nitrogens is 1. The van der Waals surface area contributed by atoms with Crippen LogP contribution >= 0.6 is 0 Å². The summed E-state index contributed by atoms with van der Waals surface area (Å²) in [5.74, 6) is -0.690. The predicted octanol–water partition coefficient (Wildman–Crippen LogP) is 3.69. The smallest absolute Gasteiger partial charge is 0.335 e. The van der Waals surface area contributed by atoms with E-state index in [1.807, 2.05) is 30.3 Å². The van der Waals surface area contributed by atoms with E-state index < -0.39 is 17.6 Å². The first kappa shape index (κ1) is 20.6. The third-order valence-corrected chi connectivity index (χ3v) is 5.22. The van der Waals surface area contributed by atoms with Gasteiger partial charge < -0.3 is 9.80 Å². The minimum atomic E-state index is -4.51. The van der Waals surface area contributed by atoms with Gasteiger partial charge in [-0.05, 0) is 18.2 Å². The molecule has 1 aromatic heterocycles. The number of hydrogen-bond acceptors (Lipinski definition) is 3. The number of carbonyl (C=O) groups excluding carboxylic acids is 2. The van der Waals surface area contributed by atoms with Gasteiger partial charge in [0.05, 0.1) is 23.0 Å². The Kier molecular flexibility index (Phi) is 5.50. The summed E-state index contributed by atoms with van der Waals surface area (Å²) in [6.07, 6.45) is -3.03. The van der Waals surface area contributed by atoms with Gasteiger partial charge in [-0.2, -0.15) is 18.3 Å². The summed E-state index contributed by atoms with van der Waals surface area (Å²) in [5, 5.41) is 6.85. The molecular weight excluding hydrogens is 409 g/mol. The second-order valence-corrected chi connectivity index (χ2v) is 7.19. The summed E-state index contributed by atoms with van der Waals surface area (Å²) in [6.45, 7) is 1.03. The minimum absolute atomic E-state index is 0.0178. The second kappa shape index (κ2) is 8.25. The standard InChI is InChI=1S/C22H19F3N4O2/c23-22(24,25)17-8-4-7-16(13-17)20(30)28-9-11-29(12-10-28)21(31)18-14-26-27-19(18)15-5-2-1-3-6-15/h1-8,13-14H,9-12H2,(H,26,27). The van der Waals surface area contributed by atoms with Crippen molar-refractivity contribution in [3.63, 3.8) is 0 Å². The molecular formula is C22H19F3N4O2. The number of piperazine rings is 1. The highest BCUT2D eigenvalue weighted by Gasteiger charge is 2.32. The van der Waals surface area contributed by atoms with Gasteiger partial charge in [0.15, 0.2) is 0 Å². The lowest BCUT2D eigenvalue weighted by Gasteiger charge is -2.34. The number of halogens is 3. The highest BCUT2D eigenvalue weighted by molar-refractivity contribution is 6.00. The zero-order chi connectivity index (χ0) is 22.0. The summed E-state index contributed by atoms with van der Waals surface area (Å²) in [5.41, 5.74) is 1.01. The number of hydrogen-bond donors (Lipinski definition) is 1. The molecule has 0 radical (unpaired) electrons. The molecule has 0 unspecified atom stereocenters. The molecule has 0 bridgehead atoms. The van der Waals surface area contributed by atoms with E-state index in [1.54, 1.807) is 4.90 Å². The maximum Gasteiger partial charge on any atom is 0.416 e. The van der Waals surface area contributed by atoms with Crippen LogP contribution in [0.1, 0.15) is 26.3 Å². The Morgan fingerprint density at radius 1 is 0.871 bits per heavy atom. The first-order valence-electron chi connectivity index (χ1n) is 9.69. The molecule has 1 saturated heterocycles. The number of nitrogens with one attached hydrogen (secondary N) is 1. The largest absolute Gasteiger partial charge is 0.416 e. The molecule has 6 nitrogen and oxygen atoms in total. The Morgan fingerprint density at radius 2 is 1.52 bits per heavy atom.